The van der Waals surface area contributed by atoms with Crippen molar-refractivity contribution in [1.82, 2.24) is 14.7 Å². The van der Waals surface area contributed by atoms with Gasteiger partial charge in [0.15, 0.2) is 0 Å². The number of rotatable bonds is 9. The molecule has 3 N–H and O–H groups in total. The maximum atomic E-state index is 12.8. The number of nitrogens with one attached hydrogen (secondary N) is 3. The van der Waals surface area contributed by atoms with Crippen molar-refractivity contribution >= 4 is 34.8 Å². The molecule has 0 saturated carbocycles. The van der Waals surface area contributed by atoms with Gasteiger partial charge in [-0.05, 0) is 36.4 Å². The zero-order valence-corrected chi connectivity index (χ0v) is 22.1. The molecule has 0 aliphatic carbocycles. The van der Waals surface area contributed by atoms with Crippen LogP contribution >= 0.6 is 0 Å². The lowest BCUT2D eigenvalue weighted by Gasteiger charge is -2.25. The molecule has 1 aliphatic heterocycles. The number of carbonyl (C=O) groups is 3. The molecule has 0 radical (unpaired) electrons. The van der Waals surface area contributed by atoms with E-state index in [-0.39, 0.29) is 37.4 Å². The molecule has 1 aliphatic rings. The van der Waals surface area contributed by atoms with Crippen LogP contribution in [0.5, 0.6) is 0 Å². The van der Waals surface area contributed by atoms with E-state index < -0.39 is 0 Å². The van der Waals surface area contributed by atoms with Crippen LogP contribution in [0.15, 0.2) is 91.0 Å². The number of anilines is 3. The van der Waals surface area contributed by atoms with Crippen molar-refractivity contribution < 1.29 is 14.4 Å². The number of nitrogens with zero attached hydrogens (tertiary/aromatic N) is 3. The first-order chi connectivity index (χ1) is 19.0. The third kappa shape index (κ3) is 9.97. The topological polar surface area (TPSA) is 97.0 Å². The monoisotopic (exact) mass is 528 g/mol. The Morgan fingerprint density at radius 3 is 0.897 bits per heavy atom. The largest absolute Gasteiger partial charge is 0.325 e. The lowest BCUT2D eigenvalue weighted by Crippen LogP contribution is -2.42. The molecule has 0 unspecified atom stereocenters. The van der Waals surface area contributed by atoms with E-state index in [0.717, 1.165) is 17.1 Å². The molecule has 1 saturated heterocycles. The fourth-order valence-corrected chi connectivity index (χ4v) is 4.43. The standard InChI is InChI=1S/C30H36N6O3/c37-28(31-25-10-4-1-5-11-25)22-34-16-18-35(23-29(38)32-26-12-6-2-7-13-26)20-21-36(19-17-34)24-30(39)33-27-14-8-3-9-15-27/h1-15H,16-24H2,(H,31,37)(H,32,38)(H,33,39). The van der Waals surface area contributed by atoms with Crippen LogP contribution in [0.2, 0.25) is 0 Å². The number of hydrogen-bond donors (Lipinski definition) is 3. The summed E-state index contributed by atoms with van der Waals surface area (Å²) >= 11 is 0. The Morgan fingerprint density at radius 1 is 0.436 bits per heavy atom. The summed E-state index contributed by atoms with van der Waals surface area (Å²) in [6, 6.07) is 28.2. The normalized spacial score (nSPS) is 15.4. The van der Waals surface area contributed by atoms with E-state index in [1.807, 2.05) is 91.0 Å². The summed E-state index contributed by atoms with van der Waals surface area (Å²) in [5.41, 5.74) is 2.26. The molecule has 1 heterocycles. The fourth-order valence-electron chi connectivity index (χ4n) is 4.43. The molecule has 3 amide bonds. The summed E-state index contributed by atoms with van der Waals surface area (Å²) in [6.45, 7) is 4.45. The molecule has 9 heteroatoms. The Bertz CT molecular complexity index is 1030. The van der Waals surface area contributed by atoms with Crippen molar-refractivity contribution in [3.8, 4) is 0 Å². The molecule has 0 bridgehead atoms. The van der Waals surface area contributed by atoms with Crippen LogP contribution < -0.4 is 16.0 Å². The van der Waals surface area contributed by atoms with Gasteiger partial charge in [0.05, 0.1) is 19.6 Å². The van der Waals surface area contributed by atoms with Crippen LogP contribution in [0.4, 0.5) is 17.1 Å². The van der Waals surface area contributed by atoms with Crippen molar-refractivity contribution in [3.63, 3.8) is 0 Å². The Hall–Kier alpha value is -4.05. The molecule has 0 spiro atoms. The van der Waals surface area contributed by atoms with Crippen molar-refractivity contribution in [2.45, 2.75) is 0 Å². The molecular weight excluding hydrogens is 492 g/mol. The van der Waals surface area contributed by atoms with Gasteiger partial charge in [-0.25, -0.2) is 0 Å². The molecule has 3 aromatic carbocycles. The molecule has 0 aromatic heterocycles. The molecule has 0 atom stereocenters. The van der Waals surface area contributed by atoms with E-state index in [1.165, 1.54) is 0 Å². The van der Waals surface area contributed by atoms with Crippen molar-refractivity contribution in [2.75, 3.05) is 74.9 Å². The average molecular weight is 529 g/mol. The average Bonchev–Trinajstić information content (AvgIpc) is 3.02. The minimum Gasteiger partial charge on any atom is -0.325 e. The summed E-state index contributed by atoms with van der Waals surface area (Å²) in [6.07, 6.45) is 0. The Kier molecular flexibility index (Phi) is 10.6. The lowest BCUT2D eigenvalue weighted by atomic mass is 10.3. The Balaban J connectivity index is 1.38. The van der Waals surface area contributed by atoms with Crippen LogP contribution in [-0.2, 0) is 14.4 Å². The third-order valence-corrected chi connectivity index (χ3v) is 6.47. The summed E-state index contributed by atoms with van der Waals surface area (Å²) in [4.78, 5) is 44.6. The highest BCUT2D eigenvalue weighted by atomic mass is 16.2. The molecule has 204 valence electrons. The summed E-state index contributed by atoms with van der Waals surface area (Å²) in [5.74, 6) is -0.286. The first-order valence-electron chi connectivity index (χ1n) is 13.3. The number of hydrogen-bond acceptors (Lipinski definition) is 6. The van der Waals surface area contributed by atoms with Gasteiger partial charge in [0.25, 0.3) is 0 Å². The van der Waals surface area contributed by atoms with Gasteiger partial charge in [-0.1, -0.05) is 54.6 Å². The highest BCUT2D eigenvalue weighted by Crippen LogP contribution is 2.09. The number of benzene rings is 3. The Labute approximate surface area is 229 Å². The lowest BCUT2D eigenvalue weighted by molar-refractivity contribution is -0.118. The SMILES string of the molecule is O=C(CN1CCN(CC(=O)Nc2ccccc2)CCN(CC(=O)Nc2ccccc2)CC1)Nc1ccccc1. The quantitative estimate of drug-likeness (QED) is 0.395. The summed E-state index contributed by atoms with van der Waals surface area (Å²) < 4.78 is 0. The second kappa shape index (κ2) is 14.8. The third-order valence-electron chi connectivity index (χ3n) is 6.47. The van der Waals surface area contributed by atoms with Crippen LogP contribution in [0.1, 0.15) is 0 Å². The number of carbonyl (C=O) groups excluding carboxylic acids is 3. The van der Waals surface area contributed by atoms with Gasteiger partial charge in [-0.3, -0.25) is 29.1 Å². The fraction of sp³-hybridized carbons (Fsp3) is 0.300. The zero-order chi connectivity index (χ0) is 27.3. The van der Waals surface area contributed by atoms with Crippen LogP contribution in [-0.4, -0.2) is 91.3 Å². The molecule has 4 rings (SSSR count). The van der Waals surface area contributed by atoms with E-state index >= 15 is 0 Å². The summed E-state index contributed by atoms with van der Waals surface area (Å²) in [5, 5.41) is 8.84. The van der Waals surface area contributed by atoms with Crippen molar-refractivity contribution in [2.24, 2.45) is 0 Å². The van der Waals surface area contributed by atoms with Gasteiger partial charge < -0.3 is 16.0 Å². The van der Waals surface area contributed by atoms with Crippen molar-refractivity contribution in [1.29, 1.82) is 0 Å². The van der Waals surface area contributed by atoms with E-state index in [9.17, 15) is 14.4 Å². The van der Waals surface area contributed by atoms with E-state index in [4.69, 9.17) is 0 Å². The molecule has 39 heavy (non-hydrogen) atoms. The van der Waals surface area contributed by atoms with Crippen LogP contribution in [0.3, 0.4) is 0 Å². The minimum absolute atomic E-state index is 0.0952. The Morgan fingerprint density at radius 2 is 0.667 bits per heavy atom. The van der Waals surface area contributed by atoms with Gasteiger partial charge in [-0.15, -0.1) is 0 Å². The van der Waals surface area contributed by atoms with E-state index in [1.54, 1.807) is 0 Å². The molecule has 1 fully saturated rings. The maximum Gasteiger partial charge on any atom is 0.238 e. The predicted molar refractivity (Wildman–Crippen MR) is 155 cm³/mol. The second-order valence-corrected chi connectivity index (χ2v) is 9.57. The second-order valence-electron chi connectivity index (χ2n) is 9.57. The molecular formula is C30H36N6O3. The van der Waals surface area contributed by atoms with Gasteiger partial charge >= 0.3 is 0 Å². The summed E-state index contributed by atoms with van der Waals surface area (Å²) in [7, 11) is 0. The van der Waals surface area contributed by atoms with E-state index in [0.29, 0.717) is 39.3 Å². The highest BCUT2D eigenvalue weighted by molar-refractivity contribution is 5.93. The van der Waals surface area contributed by atoms with Crippen LogP contribution in [0.25, 0.3) is 0 Å². The molecule has 9 nitrogen and oxygen atoms in total. The predicted octanol–water partition coefficient (Wildman–Crippen LogP) is 2.82. The smallest absolute Gasteiger partial charge is 0.238 e. The first-order valence-corrected chi connectivity index (χ1v) is 13.3. The van der Waals surface area contributed by atoms with Gasteiger partial charge in [0.2, 0.25) is 17.7 Å². The number of para-hydroxylation sites is 3. The minimum atomic E-state index is -0.0952. The van der Waals surface area contributed by atoms with Gasteiger partial charge in [0, 0.05) is 56.3 Å². The number of amides is 3. The first kappa shape index (κ1) is 28.0. The van der Waals surface area contributed by atoms with Crippen LogP contribution in [0, 0.1) is 0 Å². The molecule has 3 aromatic rings. The zero-order valence-electron chi connectivity index (χ0n) is 22.1. The maximum absolute atomic E-state index is 12.8. The van der Waals surface area contributed by atoms with Gasteiger partial charge in [0.1, 0.15) is 0 Å². The van der Waals surface area contributed by atoms with Crippen molar-refractivity contribution in [3.05, 3.63) is 91.0 Å². The highest BCUT2D eigenvalue weighted by Gasteiger charge is 2.21. The van der Waals surface area contributed by atoms with E-state index in [2.05, 4.69) is 30.7 Å². The van der Waals surface area contributed by atoms with Gasteiger partial charge in [-0.2, -0.15) is 0 Å².